The van der Waals surface area contributed by atoms with Gasteiger partial charge in [0.05, 0.1) is 11.4 Å². The largest absolute Gasteiger partial charge is 0.338 e. The van der Waals surface area contributed by atoms with E-state index in [0.29, 0.717) is 29.0 Å². The minimum Gasteiger partial charge on any atom is -0.338 e. The van der Waals surface area contributed by atoms with Gasteiger partial charge in [0.25, 0.3) is 0 Å². The highest BCUT2D eigenvalue weighted by Crippen LogP contribution is 2.22. The quantitative estimate of drug-likeness (QED) is 0.567. The SMILES string of the molecule is C=C(C)CN(CC)C(=O)CSc1nncn1-c1cccc(Cl)c1. The van der Waals surface area contributed by atoms with Crippen molar-refractivity contribution in [2.75, 3.05) is 18.8 Å². The second-order valence-corrected chi connectivity index (χ2v) is 6.50. The third kappa shape index (κ3) is 4.84. The van der Waals surface area contributed by atoms with E-state index in [-0.39, 0.29) is 5.91 Å². The molecule has 0 bridgehead atoms. The van der Waals surface area contributed by atoms with Crippen molar-refractivity contribution in [1.29, 1.82) is 0 Å². The average Bonchev–Trinajstić information content (AvgIpc) is 2.98. The Balaban J connectivity index is 2.06. The van der Waals surface area contributed by atoms with Gasteiger partial charge in [-0.05, 0) is 32.0 Å². The van der Waals surface area contributed by atoms with Crippen LogP contribution in [0.15, 0.2) is 47.9 Å². The molecule has 0 aliphatic heterocycles. The molecule has 0 spiro atoms. The fourth-order valence-electron chi connectivity index (χ4n) is 2.05. The van der Waals surface area contributed by atoms with Gasteiger partial charge in [0.2, 0.25) is 5.91 Å². The van der Waals surface area contributed by atoms with E-state index >= 15 is 0 Å². The first-order valence-corrected chi connectivity index (χ1v) is 8.58. The number of carbonyl (C=O) groups excluding carboxylic acids is 1. The zero-order valence-corrected chi connectivity index (χ0v) is 14.8. The molecule has 1 aromatic heterocycles. The Hall–Kier alpha value is -1.79. The van der Waals surface area contributed by atoms with E-state index < -0.39 is 0 Å². The fourth-order valence-corrected chi connectivity index (χ4v) is 3.06. The minimum absolute atomic E-state index is 0.0566. The number of benzene rings is 1. The Morgan fingerprint density at radius 1 is 1.48 bits per heavy atom. The van der Waals surface area contributed by atoms with Gasteiger partial charge in [-0.2, -0.15) is 0 Å². The summed E-state index contributed by atoms with van der Waals surface area (Å²) in [6, 6.07) is 7.42. The van der Waals surface area contributed by atoms with Crippen molar-refractivity contribution >= 4 is 29.3 Å². The second kappa shape index (κ2) is 8.17. The summed E-state index contributed by atoms with van der Waals surface area (Å²) in [5.74, 6) is 0.363. The number of halogens is 1. The molecule has 0 saturated heterocycles. The molecule has 0 N–H and O–H groups in total. The van der Waals surface area contributed by atoms with Gasteiger partial charge >= 0.3 is 0 Å². The first-order valence-electron chi connectivity index (χ1n) is 7.22. The van der Waals surface area contributed by atoms with Crippen molar-refractivity contribution < 1.29 is 4.79 Å². The van der Waals surface area contributed by atoms with Crippen molar-refractivity contribution in [2.24, 2.45) is 0 Å². The molecule has 122 valence electrons. The highest BCUT2D eigenvalue weighted by atomic mass is 35.5. The first-order chi connectivity index (χ1) is 11.0. The maximum atomic E-state index is 12.3. The number of likely N-dealkylation sites (N-methyl/N-ethyl adjacent to an activating group) is 1. The van der Waals surface area contributed by atoms with E-state index in [2.05, 4.69) is 16.8 Å². The Morgan fingerprint density at radius 2 is 2.26 bits per heavy atom. The van der Waals surface area contributed by atoms with Crippen LogP contribution < -0.4 is 0 Å². The lowest BCUT2D eigenvalue weighted by Crippen LogP contribution is -2.33. The monoisotopic (exact) mass is 350 g/mol. The Bertz CT molecular complexity index is 701. The van der Waals surface area contributed by atoms with Gasteiger partial charge in [-0.25, -0.2) is 0 Å². The standard InChI is InChI=1S/C16H19ClN4OS/c1-4-20(9-12(2)3)15(22)10-23-16-19-18-11-21(16)14-7-5-6-13(17)8-14/h5-8,11H,2,4,9-10H2,1,3H3. The molecule has 0 atom stereocenters. The molecule has 2 rings (SSSR count). The minimum atomic E-state index is 0.0566. The number of hydrogen-bond acceptors (Lipinski definition) is 4. The van der Waals surface area contributed by atoms with Crippen LogP contribution in [-0.4, -0.2) is 44.4 Å². The van der Waals surface area contributed by atoms with E-state index in [9.17, 15) is 4.79 Å². The molecule has 1 amide bonds. The summed E-state index contributed by atoms with van der Waals surface area (Å²) in [6.07, 6.45) is 1.62. The second-order valence-electron chi connectivity index (χ2n) is 5.12. The third-order valence-electron chi connectivity index (χ3n) is 3.12. The van der Waals surface area contributed by atoms with Gasteiger partial charge in [-0.1, -0.05) is 41.6 Å². The van der Waals surface area contributed by atoms with Crippen LogP contribution in [0.1, 0.15) is 13.8 Å². The van der Waals surface area contributed by atoms with E-state index in [1.54, 1.807) is 11.2 Å². The third-order valence-corrected chi connectivity index (χ3v) is 4.29. The number of thioether (sulfide) groups is 1. The molecule has 0 radical (unpaired) electrons. The predicted octanol–water partition coefficient (Wildman–Crippen LogP) is 3.44. The molecule has 0 aliphatic carbocycles. The van der Waals surface area contributed by atoms with Gasteiger partial charge in [0.1, 0.15) is 6.33 Å². The maximum absolute atomic E-state index is 12.3. The molecule has 0 saturated carbocycles. The summed E-state index contributed by atoms with van der Waals surface area (Å²) in [6.45, 7) is 8.97. The number of carbonyl (C=O) groups is 1. The molecule has 0 fully saturated rings. The van der Waals surface area contributed by atoms with Gasteiger partial charge in [0, 0.05) is 18.1 Å². The summed E-state index contributed by atoms with van der Waals surface area (Å²) >= 11 is 7.38. The normalized spacial score (nSPS) is 10.6. The van der Waals surface area contributed by atoms with E-state index in [1.165, 1.54) is 11.8 Å². The van der Waals surface area contributed by atoms with Crippen molar-refractivity contribution in [1.82, 2.24) is 19.7 Å². The average molecular weight is 351 g/mol. The molecule has 1 aromatic carbocycles. The van der Waals surface area contributed by atoms with Gasteiger partial charge in [0.15, 0.2) is 5.16 Å². The zero-order chi connectivity index (χ0) is 16.8. The molecular formula is C16H19ClN4OS. The number of nitrogens with zero attached hydrogens (tertiary/aromatic N) is 4. The molecule has 7 heteroatoms. The van der Waals surface area contributed by atoms with Crippen LogP contribution in [-0.2, 0) is 4.79 Å². The van der Waals surface area contributed by atoms with Crippen LogP contribution in [0.5, 0.6) is 0 Å². The van der Waals surface area contributed by atoms with E-state index in [4.69, 9.17) is 11.6 Å². The van der Waals surface area contributed by atoms with Crippen LogP contribution in [0, 0.1) is 0 Å². The summed E-state index contributed by atoms with van der Waals surface area (Å²) in [5.41, 5.74) is 1.83. The topological polar surface area (TPSA) is 51.0 Å². The Labute approximate surface area is 145 Å². The molecule has 5 nitrogen and oxygen atoms in total. The van der Waals surface area contributed by atoms with Crippen LogP contribution in [0.3, 0.4) is 0 Å². The van der Waals surface area contributed by atoms with E-state index in [0.717, 1.165) is 11.3 Å². The molecule has 0 unspecified atom stereocenters. The van der Waals surface area contributed by atoms with Crippen LogP contribution in [0.2, 0.25) is 5.02 Å². The van der Waals surface area contributed by atoms with Gasteiger partial charge < -0.3 is 4.90 Å². The molecule has 23 heavy (non-hydrogen) atoms. The summed E-state index contributed by atoms with van der Waals surface area (Å²) in [5, 5.41) is 9.31. The van der Waals surface area contributed by atoms with Gasteiger partial charge in [-0.3, -0.25) is 9.36 Å². The first kappa shape index (κ1) is 17.6. The number of aromatic nitrogens is 3. The molecule has 1 heterocycles. The highest BCUT2D eigenvalue weighted by molar-refractivity contribution is 7.99. The summed E-state index contributed by atoms with van der Waals surface area (Å²) < 4.78 is 1.82. The predicted molar refractivity (Wildman–Crippen MR) is 94.2 cm³/mol. The van der Waals surface area contributed by atoms with Crippen molar-refractivity contribution in [3.8, 4) is 5.69 Å². The smallest absolute Gasteiger partial charge is 0.233 e. The maximum Gasteiger partial charge on any atom is 0.233 e. The summed E-state index contributed by atoms with van der Waals surface area (Å²) in [4.78, 5) is 14.1. The van der Waals surface area contributed by atoms with Crippen molar-refractivity contribution in [3.05, 3.63) is 47.8 Å². The summed E-state index contributed by atoms with van der Waals surface area (Å²) in [7, 11) is 0. The van der Waals surface area contributed by atoms with Gasteiger partial charge in [-0.15, -0.1) is 10.2 Å². The lowest BCUT2D eigenvalue weighted by Gasteiger charge is -2.20. The number of hydrogen-bond donors (Lipinski definition) is 0. The Kier molecular flexibility index (Phi) is 6.24. The molecule has 0 aliphatic rings. The van der Waals surface area contributed by atoms with E-state index in [1.807, 2.05) is 42.7 Å². The van der Waals surface area contributed by atoms with Crippen LogP contribution in [0.4, 0.5) is 0 Å². The Morgan fingerprint density at radius 3 is 2.91 bits per heavy atom. The fraction of sp³-hybridized carbons (Fsp3) is 0.312. The lowest BCUT2D eigenvalue weighted by molar-refractivity contribution is -0.127. The van der Waals surface area contributed by atoms with Crippen LogP contribution >= 0.6 is 23.4 Å². The number of rotatable bonds is 7. The number of amides is 1. The molecular weight excluding hydrogens is 332 g/mol. The zero-order valence-electron chi connectivity index (χ0n) is 13.2. The van der Waals surface area contributed by atoms with Crippen molar-refractivity contribution in [3.63, 3.8) is 0 Å². The van der Waals surface area contributed by atoms with Crippen molar-refractivity contribution in [2.45, 2.75) is 19.0 Å². The lowest BCUT2D eigenvalue weighted by atomic mass is 10.3. The highest BCUT2D eigenvalue weighted by Gasteiger charge is 2.15. The van der Waals surface area contributed by atoms with Crippen LogP contribution in [0.25, 0.3) is 5.69 Å². The molecule has 2 aromatic rings.